The van der Waals surface area contributed by atoms with Crippen LogP contribution in [0.4, 0.5) is 11.9 Å². The molecular weight excluding hydrogens is 444 g/mol. The van der Waals surface area contributed by atoms with Gasteiger partial charge in [0.1, 0.15) is 10.8 Å². The first-order valence-electron chi connectivity index (χ1n) is 9.80. The second-order valence-electron chi connectivity index (χ2n) is 7.79. The van der Waals surface area contributed by atoms with Gasteiger partial charge >= 0.3 is 0 Å². The number of pyridine rings is 1. The molecule has 3 N–H and O–H groups in total. The molecule has 10 nitrogen and oxygen atoms in total. The van der Waals surface area contributed by atoms with Crippen LogP contribution in [0.25, 0.3) is 0 Å². The van der Waals surface area contributed by atoms with Crippen molar-refractivity contribution in [3.63, 3.8) is 0 Å². The lowest BCUT2D eigenvalue weighted by Crippen LogP contribution is -2.27. The third kappa shape index (κ3) is 8.08. The monoisotopic (exact) mass is 472 g/mol. The summed E-state index contributed by atoms with van der Waals surface area (Å²) in [6.45, 7) is 5.92. The first-order valence-corrected chi connectivity index (χ1v) is 12.1. The van der Waals surface area contributed by atoms with E-state index >= 15 is 0 Å². The Hall–Kier alpha value is -2.24. The Morgan fingerprint density at radius 2 is 1.87 bits per heavy atom. The highest BCUT2D eigenvalue weighted by Crippen LogP contribution is 2.27. The van der Waals surface area contributed by atoms with Crippen molar-refractivity contribution in [2.45, 2.75) is 45.6 Å². The summed E-state index contributed by atoms with van der Waals surface area (Å²) in [5.74, 6) is 1.09. The molecule has 12 heteroatoms. The summed E-state index contributed by atoms with van der Waals surface area (Å²) in [6, 6.07) is 1.49. The maximum atomic E-state index is 11.7. The minimum Gasteiger partial charge on any atom is -0.480 e. The quantitative estimate of drug-likeness (QED) is 0.449. The van der Waals surface area contributed by atoms with E-state index in [2.05, 4.69) is 30.0 Å². The van der Waals surface area contributed by atoms with E-state index in [4.69, 9.17) is 16.3 Å². The maximum Gasteiger partial charge on any atom is 0.241 e. The molecule has 0 amide bonds. The van der Waals surface area contributed by atoms with Gasteiger partial charge in [0.25, 0.3) is 0 Å². The van der Waals surface area contributed by atoms with Gasteiger partial charge in [0.05, 0.1) is 26.0 Å². The number of ether oxygens (including phenoxy) is 1. The van der Waals surface area contributed by atoms with Gasteiger partial charge in [0.15, 0.2) is 0 Å². The van der Waals surface area contributed by atoms with Crippen LogP contribution in [0, 0.1) is 5.92 Å². The average molecular weight is 473 g/mol. The van der Waals surface area contributed by atoms with Crippen molar-refractivity contribution in [2.75, 3.05) is 30.0 Å². The number of hydrogen-bond donors (Lipinski definition) is 3. The molecule has 0 aliphatic carbocycles. The van der Waals surface area contributed by atoms with Gasteiger partial charge in [0, 0.05) is 12.6 Å². The molecule has 0 aromatic carbocycles. The van der Waals surface area contributed by atoms with Crippen LogP contribution in [0.5, 0.6) is 5.88 Å². The summed E-state index contributed by atoms with van der Waals surface area (Å²) in [5.41, 5.74) is 0.853. The highest BCUT2D eigenvalue weighted by atomic mass is 35.5. The van der Waals surface area contributed by atoms with Crippen molar-refractivity contribution in [1.82, 2.24) is 19.9 Å². The maximum absolute atomic E-state index is 11.7. The highest BCUT2D eigenvalue weighted by molar-refractivity contribution is 7.91. The van der Waals surface area contributed by atoms with Gasteiger partial charge in [0.2, 0.25) is 27.8 Å². The number of halogens is 1. The minimum atomic E-state index is -3.58. The van der Waals surface area contributed by atoms with Crippen LogP contribution >= 0.6 is 11.6 Å². The predicted octanol–water partition coefficient (Wildman–Crippen LogP) is 2.47. The second kappa shape index (κ2) is 10.9. The SMILES string of the molecule is COc1ncc([C@@H](C)Cc2nc(N[C@@H](CO)CC(C)C)nc(NS(C)(=O)=O)n2)cc1Cl. The second-order valence-corrected chi connectivity index (χ2v) is 9.95. The predicted molar refractivity (Wildman–Crippen MR) is 120 cm³/mol. The Bertz CT molecular complexity index is 989. The Labute approximate surface area is 187 Å². The number of nitrogens with zero attached hydrogens (tertiary/aromatic N) is 4. The van der Waals surface area contributed by atoms with Crippen LogP contribution in [-0.4, -0.2) is 59.5 Å². The molecule has 0 unspecified atom stereocenters. The van der Waals surface area contributed by atoms with Crippen LogP contribution in [0.1, 0.15) is 44.5 Å². The molecule has 31 heavy (non-hydrogen) atoms. The average Bonchev–Trinajstić information content (AvgIpc) is 2.65. The molecule has 0 aliphatic rings. The van der Waals surface area contributed by atoms with Gasteiger partial charge < -0.3 is 15.2 Å². The Balaban J connectivity index is 2.31. The van der Waals surface area contributed by atoms with Crippen LogP contribution in [-0.2, 0) is 16.4 Å². The molecule has 0 saturated carbocycles. The summed E-state index contributed by atoms with van der Waals surface area (Å²) in [4.78, 5) is 17.0. The lowest BCUT2D eigenvalue weighted by molar-refractivity contribution is 0.259. The van der Waals surface area contributed by atoms with E-state index in [0.29, 0.717) is 35.5 Å². The Morgan fingerprint density at radius 1 is 1.19 bits per heavy atom. The number of anilines is 2. The third-order valence-electron chi connectivity index (χ3n) is 4.35. The van der Waals surface area contributed by atoms with E-state index in [9.17, 15) is 13.5 Å². The molecule has 2 aromatic rings. The normalized spacial score (nSPS) is 13.7. The van der Waals surface area contributed by atoms with Crippen LogP contribution in [0.2, 0.25) is 5.02 Å². The van der Waals surface area contributed by atoms with Gasteiger partial charge in [-0.3, -0.25) is 4.72 Å². The summed E-state index contributed by atoms with van der Waals surface area (Å²) < 4.78 is 30.7. The molecule has 2 rings (SSSR count). The Kier molecular flexibility index (Phi) is 8.78. The number of nitrogens with one attached hydrogen (secondary N) is 2. The van der Waals surface area contributed by atoms with E-state index in [1.165, 1.54) is 7.11 Å². The smallest absolute Gasteiger partial charge is 0.241 e. The first kappa shape index (κ1) is 25.0. The number of rotatable bonds is 11. The number of methoxy groups -OCH3 is 1. The molecule has 0 bridgehead atoms. The standard InChI is InChI=1S/C19H29ClN6O4S/c1-11(2)6-14(10-27)22-18-23-16(24-19(25-18)26-31(5,28)29)7-12(3)13-8-15(20)17(30-4)21-9-13/h8-9,11-12,14,27H,6-7,10H2,1-5H3,(H2,22,23,24,25,26)/t12-,14+/m0/s1. The van der Waals surface area contributed by atoms with Crippen LogP contribution in [0.15, 0.2) is 12.3 Å². The summed E-state index contributed by atoms with van der Waals surface area (Å²) in [6.07, 6.45) is 3.76. The summed E-state index contributed by atoms with van der Waals surface area (Å²) in [7, 11) is -2.09. The van der Waals surface area contributed by atoms with Gasteiger partial charge in [-0.05, 0) is 29.9 Å². The fourth-order valence-electron chi connectivity index (χ4n) is 2.97. The topological polar surface area (TPSA) is 139 Å². The molecule has 2 atom stereocenters. The highest BCUT2D eigenvalue weighted by Gasteiger charge is 2.18. The van der Waals surface area contributed by atoms with E-state index < -0.39 is 10.0 Å². The van der Waals surface area contributed by atoms with Crippen molar-refractivity contribution < 1.29 is 18.3 Å². The first-order chi connectivity index (χ1) is 14.5. The molecule has 2 heterocycles. The number of hydrogen-bond acceptors (Lipinski definition) is 9. The number of aliphatic hydroxyl groups is 1. The molecular formula is C19H29ClN6O4S. The zero-order valence-electron chi connectivity index (χ0n) is 18.3. The van der Waals surface area contributed by atoms with Crippen molar-refractivity contribution in [3.05, 3.63) is 28.7 Å². The fourth-order valence-corrected chi connectivity index (χ4v) is 3.64. The minimum absolute atomic E-state index is 0.0680. The zero-order chi connectivity index (χ0) is 23.2. The van der Waals surface area contributed by atoms with Crippen molar-refractivity contribution >= 4 is 33.5 Å². The lowest BCUT2D eigenvalue weighted by atomic mass is 9.99. The zero-order valence-corrected chi connectivity index (χ0v) is 19.8. The molecule has 0 aliphatic heterocycles. The van der Waals surface area contributed by atoms with E-state index in [1.54, 1.807) is 12.3 Å². The van der Waals surface area contributed by atoms with Crippen molar-refractivity contribution in [3.8, 4) is 5.88 Å². The summed E-state index contributed by atoms with van der Waals surface area (Å²) in [5, 5.41) is 13.1. The fraction of sp³-hybridized carbons (Fsp3) is 0.579. The molecule has 0 fully saturated rings. The number of aliphatic hydroxyl groups excluding tert-OH is 1. The molecule has 172 valence electrons. The van der Waals surface area contributed by atoms with Crippen LogP contribution in [0.3, 0.4) is 0 Å². The number of sulfonamides is 1. The number of aromatic nitrogens is 4. The van der Waals surface area contributed by atoms with E-state index in [0.717, 1.165) is 11.8 Å². The largest absolute Gasteiger partial charge is 0.480 e. The van der Waals surface area contributed by atoms with Gasteiger partial charge in [-0.1, -0.05) is 32.4 Å². The van der Waals surface area contributed by atoms with E-state index in [1.807, 2.05) is 20.8 Å². The molecule has 0 radical (unpaired) electrons. The Morgan fingerprint density at radius 3 is 2.42 bits per heavy atom. The van der Waals surface area contributed by atoms with Crippen molar-refractivity contribution in [2.24, 2.45) is 5.92 Å². The van der Waals surface area contributed by atoms with Gasteiger partial charge in [-0.25, -0.2) is 13.4 Å². The summed E-state index contributed by atoms with van der Waals surface area (Å²) >= 11 is 6.18. The lowest BCUT2D eigenvalue weighted by Gasteiger charge is -2.19. The van der Waals surface area contributed by atoms with Crippen LogP contribution < -0.4 is 14.8 Å². The van der Waals surface area contributed by atoms with E-state index in [-0.39, 0.29) is 30.5 Å². The molecule has 2 aromatic heterocycles. The third-order valence-corrected chi connectivity index (χ3v) is 5.17. The molecule has 0 saturated heterocycles. The van der Waals surface area contributed by atoms with Crippen molar-refractivity contribution in [1.29, 1.82) is 0 Å². The van der Waals surface area contributed by atoms with Gasteiger partial charge in [-0.15, -0.1) is 0 Å². The van der Waals surface area contributed by atoms with Gasteiger partial charge in [-0.2, -0.15) is 15.0 Å². The molecule has 0 spiro atoms.